The summed E-state index contributed by atoms with van der Waals surface area (Å²) in [5, 5.41) is 0. The Balaban J connectivity index is 0. The van der Waals surface area contributed by atoms with Crippen molar-refractivity contribution in [1.82, 2.24) is 4.90 Å². The average molecular weight is 221 g/mol. The van der Waals surface area contributed by atoms with Gasteiger partial charge in [-0.15, -0.1) is 0 Å². The molecule has 0 atom stereocenters. The van der Waals surface area contributed by atoms with E-state index in [1.165, 1.54) is 19.6 Å². The molecule has 0 spiro atoms. The molecular formula is C10H27NO2Si. The maximum Gasteiger partial charge on any atom is 0.304 e. The van der Waals surface area contributed by atoms with Crippen LogP contribution in [0.15, 0.2) is 0 Å². The van der Waals surface area contributed by atoms with Gasteiger partial charge in [0.25, 0.3) is 0 Å². The minimum Gasteiger partial charge on any atom is -0.399 e. The monoisotopic (exact) mass is 221 g/mol. The molecule has 0 heterocycles. The summed E-state index contributed by atoms with van der Waals surface area (Å²) in [6, 6.07) is 0. The van der Waals surface area contributed by atoms with Crippen molar-refractivity contribution >= 4 is 10.0 Å². The molecule has 0 saturated heterocycles. The van der Waals surface area contributed by atoms with Crippen molar-refractivity contribution in [2.75, 3.05) is 32.8 Å². The molecule has 0 unspecified atom stereocenters. The van der Waals surface area contributed by atoms with Crippen LogP contribution in [0.5, 0.6) is 0 Å². The van der Waals surface area contributed by atoms with Gasteiger partial charge in [0.1, 0.15) is 0 Å². The standard InChI is InChI=1S/C6H15N.C4H12O2Si/c1-4-7(5-2)6-3;1-3-5-7-6-4-2/h4-6H2,1-3H3;3-4,7H2,1-2H3. The molecule has 0 aliphatic rings. The molecule has 88 valence electrons. The summed E-state index contributed by atoms with van der Waals surface area (Å²) in [6.45, 7) is 15.7. The molecule has 0 radical (unpaired) electrons. The minimum atomic E-state index is -0.589. The van der Waals surface area contributed by atoms with Gasteiger partial charge < -0.3 is 13.8 Å². The molecule has 0 aliphatic heterocycles. The molecule has 0 bridgehead atoms. The summed E-state index contributed by atoms with van der Waals surface area (Å²) in [4.78, 5) is 2.38. The smallest absolute Gasteiger partial charge is 0.304 e. The number of nitrogens with zero attached hydrogens (tertiary/aromatic N) is 1. The number of hydrogen-bond donors (Lipinski definition) is 0. The fourth-order valence-corrected chi connectivity index (χ4v) is 1.35. The van der Waals surface area contributed by atoms with Gasteiger partial charge >= 0.3 is 10.0 Å². The van der Waals surface area contributed by atoms with Crippen molar-refractivity contribution in [3.05, 3.63) is 0 Å². The van der Waals surface area contributed by atoms with Crippen LogP contribution in [0.3, 0.4) is 0 Å². The Hall–Kier alpha value is 0.0969. The topological polar surface area (TPSA) is 21.7 Å². The third-order valence-electron chi connectivity index (χ3n) is 1.92. The zero-order chi connectivity index (χ0) is 11.2. The zero-order valence-electron chi connectivity index (χ0n) is 10.5. The van der Waals surface area contributed by atoms with Gasteiger partial charge in [-0.2, -0.15) is 0 Å². The molecule has 14 heavy (non-hydrogen) atoms. The van der Waals surface area contributed by atoms with Gasteiger partial charge in [0, 0.05) is 13.2 Å². The Bertz CT molecular complexity index is 80.7. The second-order valence-electron chi connectivity index (χ2n) is 2.72. The first-order valence-corrected chi connectivity index (χ1v) is 6.79. The van der Waals surface area contributed by atoms with Gasteiger partial charge in [0.15, 0.2) is 0 Å². The van der Waals surface area contributed by atoms with E-state index in [0.29, 0.717) is 0 Å². The summed E-state index contributed by atoms with van der Waals surface area (Å²) in [5.41, 5.74) is 0. The van der Waals surface area contributed by atoms with Crippen LogP contribution in [-0.4, -0.2) is 47.8 Å². The lowest BCUT2D eigenvalue weighted by molar-refractivity contribution is 0.240. The van der Waals surface area contributed by atoms with E-state index in [-0.39, 0.29) is 0 Å². The lowest BCUT2D eigenvalue weighted by Gasteiger charge is -2.13. The van der Waals surface area contributed by atoms with Crippen LogP contribution in [0.4, 0.5) is 0 Å². The molecule has 0 aromatic carbocycles. The number of rotatable bonds is 7. The van der Waals surface area contributed by atoms with E-state index in [4.69, 9.17) is 8.85 Å². The lowest BCUT2D eigenvalue weighted by Crippen LogP contribution is -2.21. The maximum atomic E-state index is 4.99. The Morgan fingerprint density at radius 1 is 0.786 bits per heavy atom. The summed E-state index contributed by atoms with van der Waals surface area (Å²) in [5.74, 6) is 0. The second kappa shape index (κ2) is 15.6. The molecule has 0 aliphatic carbocycles. The second-order valence-corrected chi connectivity index (χ2v) is 3.78. The van der Waals surface area contributed by atoms with Crippen LogP contribution < -0.4 is 0 Å². The van der Waals surface area contributed by atoms with Crippen molar-refractivity contribution in [2.24, 2.45) is 0 Å². The van der Waals surface area contributed by atoms with Crippen LogP contribution in [0.1, 0.15) is 34.6 Å². The van der Waals surface area contributed by atoms with Crippen molar-refractivity contribution < 1.29 is 8.85 Å². The van der Waals surface area contributed by atoms with Crippen molar-refractivity contribution in [1.29, 1.82) is 0 Å². The molecule has 4 heteroatoms. The molecule has 0 aromatic heterocycles. The molecule has 0 fully saturated rings. The van der Waals surface area contributed by atoms with Crippen LogP contribution in [-0.2, 0) is 8.85 Å². The Morgan fingerprint density at radius 3 is 1.29 bits per heavy atom. The molecule has 0 aromatic rings. The maximum absolute atomic E-state index is 4.99. The summed E-state index contributed by atoms with van der Waals surface area (Å²) in [7, 11) is -0.589. The Labute approximate surface area is 91.8 Å². The first-order valence-electron chi connectivity index (χ1n) is 5.64. The van der Waals surface area contributed by atoms with E-state index in [1.54, 1.807) is 0 Å². The summed E-state index contributed by atoms with van der Waals surface area (Å²) in [6.07, 6.45) is 0. The normalized spacial score (nSPS) is 9.86. The highest BCUT2D eigenvalue weighted by atomic mass is 28.3. The zero-order valence-corrected chi connectivity index (χ0v) is 11.9. The first-order chi connectivity index (χ1) is 6.76. The van der Waals surface area contributed by atoms with E-state index < -0.39 is 10.0 Å². The first kappa shape index (κ1) is 16.5. The highest BCUT2D eigenvalue weighted by Crippen LogP contribution is 1.81. The van der Waals surface area contributed by atoms with Gasteiger partial charge in [-0.1, -0.05) is 20.8 Å². The summed E-state index contributed by atoms with van der Waals surface area (Å²) >= 11 is 0. The molecule has 0 amide bonds. The molecular weight excluding hydrogens is 194 g/mol. The van der Waals surface area contributed by atoms with E-state index in [9.17, 15) is 0 Å². The van der Waals surface area contributed by atoms with E-state index in [1.807, 2.05) is 13.8 Å². The van der Waals surface area contributed by atoms with Gasteiger partial charge in [-0.05, 0) is 33.5 Å². The van der Waals surface area contributed by atoms with E-state index in [2.05, 4.69) is 25.7 Å². The Kier molecular flexibility index (Phi) is 18.4. The number of hydrogen-bond acceptors (Lipinski definition) is 3. The van der Waals surface area contributed by atoms with Crippen molar-refractivity contribution in [2.45, 2.75) is 34.6 Å². The molecule has 0 rings (SSSR count). The predicted molar refractivity (Wildman–Crippen MR) is 65.3 cm³/mol. The molecule has 0 saturated carbocycles. The fraction of sp³-hybridized carbons (Fsp3) is 1.00. The van der Waals surface area contributed by atoms with Crippen LogP contribution in [0.2, 0.25) is 0 Å². The van der Waals surface area contributed by atoms with Crippen molar-refractivity contribution in [3.63, 3.8) is 0 Å². The van der Waals surface area contributed by atoms with Crippen LogP contribution in [0.25, 0.3) is 0 Å². The highest BCUT2D eigenvalue weighted by molar-refractivity contribution is 6.17. The average Bonchev–Trinajstić information content (AvgIpc) is 2.22. The van der Waals surface area contributed by atoms with Gasteiger partial charge in [-0.25, -0.2) is 0 Å². The van der Waals surface area contributed by atoms with Gasteiger partial charge in [0.05, 0.1) is 0 Å². The molecule has 0 N–H and O–H groups in total. The molecule has 3 nitrogen and oxygen atoms in total. The van der Waals surface area contributed by atoms with E-state index in [0.717, 1.165) is 13.2 Å². The minimum absolute atomic E-state index is 0.589. The van der Waals surface area contributed by atoms with Gasteiger partial charge in [0.2, 0.25) is 0 Å². The quantitative estimate of drug-likeness (QED) is 0.479. The highest BCUT2D eigenvalue weighted by Gasteiger charge is 1.89. The van der Waals surface area contributed by atoms with Crippen LogP contribution >= 0.6 is 0 Å². The third-order valence-corrected chi connectivity index (χ3v) is 3.07. The Morgan fingerprint density at radius 2 is 1.14 bits per heavy atom. The SMILES string of the molecule is CCN(CC)CC.CCO[SiH2]OCC. The predicted octanol–water partition coefficient (Wildman–Crippen LogP) is 1.41. The third kappa shape index (κ3) is 14.6. The lowest BCUT2D eigenvalue weighted by atomic mass is 10.5. The fourth-order valence-electron chi connectivity index (χ4n) is 0.896. The summed E-state index contributed by atoms with van der Waals surface area (Å²) < 4.78 is 9.98. The van der Waals surface area contributed by atoms with Crippen LogP contribution in [0, 0.1) is 0 Å². The largest absolute Gasteiger partial charge is 0.399 e. The van der Waals surface area contributed by atoms with Crippen molar-refractivity contribution in [3.8, 4) is 0 Å². The van der Waals surface area contributed by atoms with Gasteiger partial charge in [-0.3, -0.25) is 0 Å². The van der Waals surface area contributed by atoms with E-state index >= 15 is 0 Å².